The average Bonchev–Trinajstić information content (AvgIpc) is 2.98. The number of benzene rings is 1. The number of β-amino-alcohol motifs (C(OH)–C–C–N with tert-alkyl or cyclic N) is 1. The normalized spacial score (nSPS) is 17.8. The summed E-state index contributed by atoms with van der Waals surface area (Å²) in [6.45, 7) is 9.84. The van der Waals surface area contributed by atoms with Gasteiger partial charge in [0.2, 0.25) is 5.91 Å². The van der Waals surface area contributed by atoms with Crippen molar-refractivity contribution >= 4 is 16.8 Å². The van der Waals surface area contributed by atoms with E-state index in [4.69, 9.17) is 0 Å². The first kappa shape index (κ1) is 17.9. The standard InChI is InChI=1S/C19H28N4O2/c1-19(2,3)17(24)13-22-8-10-23(11-9-22)18(25)12-16-14-6-4-5-7-15(14)20-21-16/h4-7,17,24H,8-13H2,1-3H3,(H,20,21)/t17-/m0/s1. The van der Waals surface area contributed by atoms with Gasteiger partial charge in [-0.1, -0.05) is 39.0 Å². The number of amides is 1. The van der Waals surface area contributed by atoms with Gasteiger partial charge in [0.05, 0.1) is 23.7 Å². The number of H-pyrrole nitrogens is 1. The predicted molar refractivity (Wildman–Crippen MR) is 98.3 cm³/mol. The predicted octanol–water partition coefficient (Wildman–Crippen LogP) is 1.66. The number of carbonyl (C=O) groups is 1. The van der Waals surface area contributed by atoms with Gasteiger partial charge >= 0.3 is 0 Å². The lowest BCUT2D eigenvalue weighted by atomic mass is 9.89. The van der Waals surface area contributed by atoms with E-state index in [0.29, 0.717) is 26.1 Å². The largest absolute Gasteiger partial charge is 0.391 e. The highest BCUT2D eigenvalue weighted by Crippen LogP contribution is 2.21. The molecule has 3 rings (SSSR count). The van der Waals surface area contributed by atoms with Crippen molar-refractivity contribution < 1.29 is 9.90 Å². The van der Waals surface area contributed by atoms with Gasteiger partial charge in [-0.2, -0.15) is 5.10 Å². The molecule has 0 aliphatic carbocycles. The van der Waals surface area contributed by atoms with Crippen molar-refractivity contribution in [2.45, 2.75) is 33.3 Å². The number of aromatic nitrogens is 2. The fourth-order valence-electron chi connectivity index (χ4n) is 3.11. The lowest BCUT2D eigenvalue weighted by Crippen LogP contribution is -2.52. The molecule has 1 amide bonds. The quantitative estimate of drug-likeness (QED) is 0.885. The van der Waals surface area contributed by atoms with Gasteiger partial charge in [-0.05, 0) is 11.5 Å². The Morgan fingerprint density at radius 1 is 1.24 bits per heavy atom. The van der Waals surface area contributed by atoms with Gasteiger partial charge < -0.3 is 10.0 Å². The molecule has 0 spiro atoms. The maximum Gasteiger partial charge on any atom is 0.228 e. The Hall–Kier alpha value is -1.92. The van der Waals surface area contributed by atoms with Gasteiger partial charge in [0.25, 0.3) is 0 Å². The molecule has 1 atom stereocenters. The van der Waals surface area contributed by atoms with Crippen LogP contribution in [0.1, 0.15) is 26.5 Å². The number of carbonyl (C=O) groups excluding carboxylic acids is 1. The van der Waals surface area contributed by atoms with Crippen LogP contribution >= 0.6 is 0 Å². The number of fused-ring (bicyclic) bond motifs is 1. The summed E-state index contributed by atoms with van der Waals surface area (Å²) in [5.74, 6) is 0.130. The highest BCUT2D eigenvalue weighted by molar-refractivity contribution is 5.87. The van der Waals surface area contributed by atoms with Gasteiger partial charge in [0.1, 0.15) is 0 Å². The van der Waals surface area contributed by atoms with E-state index in [9.17, 15) is 9.90 Å². The highest BCUT2D eigenvalue weighted by atomic mass is 16.3. The van der Waals surface area contributed by atoms with Crippen LogP contribution in [-0.4, -0.2) is 69.8 Å². The zero-order chi connectivity index (χ0) is 18.0. The van der Waals surface area contributed by atoms with E-state index in [-0.39, 0.29) is 17.4 Å². The SMILES string of the molecule is CC(C)(C)[C@@H](O)CN1CCN(C(=O)Cc2[nH]nc3ccccc23)CC1. The van der Waals surface area contributed by atoms with Crippen molar-refractivity contribution in [2.24, 2.45) is 5.41 Å². The summed E-state index contributed by atoms with van der Waals surface area (Å²) >= 11 is 0. The van der Waals surface area contributed by atoms with Crippen molar-refractivity contribution in [1.29, 1.82) is 0 Å². The topological polar surface area (TPSA) is 72.5 Å². The molecule has 0 bridgehead atoms. The Kier molecular flexibility index (Phi) is 5.11. The minimum atomic E-state index is -0.355. The van der Waals surface area contributed by atoms with E-state index in [0.717, 1.165) is 29.7 Å². The number of piperazine rings is 1. The Morgan fingerprint density at radius 3 is 2.60 bits per heavy atom. The van der Waals surface area contributed by atoms with Crippen LogP contribution < -0.4 is 0 Å². The maximum absolute atomic E-state index is 12.6. The molecule has 1 aromatic heterocycles. The van der Waals surface area contributed by atoms with E-state index < -0.39 is 0 Å². The molecule has 0 radical (unpaired) electrons. The van der Waals surface area contributed by atoms with Crippen LogP contribution in [-0.2, 0) is 11.2 Å². The molecule has 1 aromatic carbocycles. The fraction of sp³-hybridized carbons (Fsp3) is 0.579. The Labute approximate surface area is 148 Å². The second-order valence-corrected chi connectivity index (χ2v) is 7.96. The van der Waals surface area contributed by atoms with Gasteiger partial charge in [0, 0.05) is 38.1 Å². The molecule has 2 N–H and O–H groups in total. The first-order valence-corrected chi connectivity index (χ1v) is 8.95. The third-order valence-electron chi connectivity index (χ3n) is 5.02. The first-order valence-electron chi connectivity index (χ1n) is 8.95. The Balaban J connectivity index is 1.53. The summed E-state index contributed by atoms with van der Waals surface area (Å²) in [7, 11) is 0. The molecule has 2 heterocycles. The van der Waals surface area contributed by atoms with Crippen LogP contribution in [0.5, 0.6) is 0 Å². The molecule has 136 valence electrons. The van der Waals surface area contributed by atoms with Crippen LogP contribution in [0, 0.1) is 5.41 Å². The zero-order valence-corrected chi connectivity index (χ0v) is 15.3. The van der Waals surface area contributed by atoms with Crippen molar-refractivity contribution in [1.82, 2.24) is 20.0 Å². The maximum atomic E-state index is 12.6. The van der Waals surface area contributed by atoms with Crippen LogP contribution in [0.15, 0.2) is 24.3 Å². The number of para-hydroxylation sites is 1. The lowest BCUT2D eigenvalue weighted by Gasteiger charge is -2.38. The monoisotopic (exact) mass is 344 g/mol. The van der Waals surface area contributed by atoms with Gasteiger partial charge in [-0.3, -0.25) is 14.8 Å². The van der Waals surface area contributed by atoms with Gasteiger partial charge in [-0.15, -0.1) is 0 Å². The van der Waals surface area contributed by atoms with Crippen molar-refractivity contribution in [3.8, 4) is 0 Å². The molecular formula is C19H28N4O2. The molecule has 1 aliphatic rings. The number of aliphatic hydroxyl groups is 1. The molecule has 1 fully saturated rings. The number of aromatic amines is 1. The van der Waals surface area contributed by atoms with Crippen LogP contribution in [0.25, 0.3) is 10.9 Å². The molecule has 6 nitrogen and oxygen atoms in total. The molecule has 1 aliphatic heterocycles. The summed E-state index contributed by atoms with van der Waals surface area (Å²) in [4.78, 5) is 16.8. The van der Waals surface area contributed by atoms with E-state index in [1.807, 2.05) is 49.9 Å². The lowest BCUT2D eigenvalue weighted by molar-refractivity contribution is -0.132. The Morgan fingerprint density at radius 2 is 1.92 bits per heavy atom. The van der Waals surface area contributed by atoms with Crippen molar-refractivity contribution in [3.63, 3.8) is 0 Å². The summed E-state index contributed by atoms with van der Waals surface area (Å²) in [5.41, 5.74) is 1.66. The van der Waals surface area contributed by atoms with E-state index in [1.165, 1.54) is 0 Å². The minimum absolute atomic E-state index is 0.116. The molecule has 25 heavy (non-hydrogen) atoms. The average molecular weight is 344 g/mol. The van der Waals surface area contributed by atoms with E-state index in [2.05, 4.69) is 15.1 Å². The van der Waals surface area contributed by atoms with Gasteiger partial charge in [-0.25, -0.2) is 0 Å². The van der Waals surface area contributed by atoms with Crippen molar-refractivity contribution in [2.75, 3.05) is 32.7 Å². The second kappa shape index (κ2) is 7.14. The number of nitrogens with one attached hydrogen (secondary N) is 1. The van der Waals surface area contributed by atoms with Crippen LogP contribution in [0.2, 0.25) is 0 Å². The summed E-state index contributed by atoms with van der Waals surface area (Å²) < 4.78 is 0. The third-order valence-corrected chi connectivity index (χ3v) is 5.02. The fourth-order valence-corrected chi connectivity index (χ4v) is 3.11. The molecule has 2 aromatic rings. The number of rotatable bonds is 4. The molecule has 6 heteroatoms. The summed E-state index contributed by atoms with van der Waals surface area (Å²) in [6, 6.07) is 7.84. The number of hydrogen-bond donors (Lipinski definition) is 2. The molecule has 0 saturated carbocycles. The summed E-state index contributed by atoms with van der Waals surface area (Å²) in [6.07, 6.45) is -0.00314. The number of nitrogens with zero attached hydrogens (tertiary/aromatic N) is 3. The summed E-state index contributed by atoms with van der Waals surface area (Å²) in [5, 5.41) is 18.5. The number of hydrogen-bond acceptors (Lipinski definition) is 4. The smallest absolute Gasteiger partial charge is 0.228 e. The van der Waals surface area contributed by atoms with E-state index in [1.54, 1.807) is 0 Å². The first-order chi connectivity index (χ1) is 11.8. The molecular weight excluding hydrogens is 316 g/mol. The zero-order valence-electron chi connectivity index (χ0n) is 15.3. The van der Waals surface area contributed by atoms with Crippen LogP contribution in [0.4, 0.5) is 0 Å². The minimum Gasteiger partial charge on any atom is -0.391 e. The second-order valence-electron chi connectivity index (χ2n) is 7.96. The van der Waals surface area contributed by atoms with Crippen LogP contribution in [0.3, 0.4) is 0 Å². The highest BCUT2D eigenvalue weighted by Gasteiger charge is 2.27. The van der Waals surface area contributed by atoms with E-state index >= 15 is 0 Å². The van der Waals surface area contributed by atoms with Crippen molar-refractivity contribution in [3.05, 3.63) is 30.0 Å². The Bertz CT molecular complexity index is 726. The number of aliphatic hydroxyl groups excluding tert-OH is 1. The molecule has 0 unspecified atom stereocenters. The van der Waals surface area contributed by atoms with Gasteiger partial charge in [0.15, 0.2) is 0 Å². The molecule has 1 saturated heterocycles. The third kappa shape index (κ3) is 4.19.